The number of rotatable bonds is 9. The summed E-state index contributed by atoms with van der Waals surface area (Å²) in [6.45, 7) is 2.63. The second kappa shape index (κ2) is 10.8. The summed E-state index contributed by atoms with van der Waals surface area (Å²) in [4.78, 5) is 14.5. The van der Waals surface area contributed by atoms with Crippen LogP contribution in [0.2, 0.25) is 5.02 Å². The van der Waals surface area contributed by atoms with Gasteiger partial charge in [-0.2, -0.15) is 13.5 Å². The van der Waals surface area contributed by atoms with Gasteiger partial charge in [0.2, 0.25) is 0 Å². The number of hydrazone groups is 1. The quantitative estimate of drug-likeness (QED) is 0.211. The molecule has 0 heterocycles. The summed E-state index contributed by atoms with van der Waals surface area (Å²) in [7, 11) is -3.80. The van der Waals surface area contributed by atoms with Gasteiger partial charge in [-0.05, 0) is 84.8 Å². The van der Waals surface area contributed by atoms with Crippen LogP contribution in [0.15, 0.2) is 82.8 Å². The highest BCUT2D eigenvalue weighted by atomic mass is 35.5. The molecular weight excluding hydrogens is 452 g/mol. The Morgan fingerprint density at radius 3 is 2.22 bits per heavy atom. The molecule has 0 aliphatic carbocycles. The Morgan fingerprint density at radius 2 is 1.59 bits per heavy atom. The van der Waals surface area contributed by atoms with Crippen molar-refractivity contribution < 1.29 is 22.7 Å². The molecule has 0 aliphatic rings. The van der Waals surface area contributed by atoms with E-state index in [2.05, 4.69) is 9.93 Å². The molecule has 7 nitrogen and oxygen atoms in total. The number of ether oxygens (including phenoxy) is 2. The lowest BCUT2D eigenvalue weighted by Gasteiger charge is -2.07. The second-order valence-corrected chi connectivity index (χ2v) is 8.74. The van der Waals surface area contributed by atoms with Gasteiger partial charge in [-0.15, -0.1) is 0 Å². The molecule has 1 N–H and O–H groups in total. The highest BCUT2D eigenvalue weighted by Crippen LogP contribution is 2.17. The zero-order valence-corrected chi connectivity index (χ0v) is 18.8. The maximum Gasteiger partial charge on any atom is 0.343 e. The molecule has 0 atom stereocenters. The van der Waals surface area contributed by atoms with E-state index in [1.807, 2.05) is 6.92 Å². The normalized spacial score (nSPS) is 11.3. The molecule has 32 heavy (non-hydrogen) atoms. The van der Waals surface area contributed by atoms with E-state index < -0.39 is 16.0 Å². The number of hydrogen-bond donors (Lipinski definition) is 1. The van der Waals surface area contributed by atoms with Crippen LogP contribution in [-0.2, 0) is 10.0 Å². The maximum atomic E-state index is 12.3. The van der Waals surface area contributed by atoms with Crippen LogP contribution in [0.25, 0.3) is 0 Å². The molecule has 0 unspecified atom stereocenters. The van der Waals surface area contributed by atoms with Gasteiger partial charge in [-0.25, -0.2) is 9.63 Å². The number of halogens is 1. The van der Waals surface area contributed by atoms with Crippen molar-refractivity contribution in [3.8, 4) is 11.5 Å². The number of nitrogens with zero attached hydrogens (tertiary/aromatic N) is 1. The van der Waals surface area contributed by atoms with Crippen LogP contribution >= 0.6 is 11.6 Å². The number of hydrogen-bond acceptors (Lipinski definition) is 6. The van der Waals surface area contributed by atoms with E-state index in [0.717, 1.165) is 6.42 Å². The SMILES string of the molecule is CCCOc1ccc(C(=O)Oc2ccc(C=NNS(=O)(=O)c3ccc(Cl)cc3)cc2)cc1. The number of esters is 1. The van der Waals surface area contributed by atoms with Crippen LogP contribution in [0.4, 0.5) is 0 Å². The molecule has 0 bridgehead atoms. The maximum absolute atomic E-state index is 12.3. The second-order valence-electron chi connectivity index (χ2n) is 6.64. The van der Waals surface area contributed by atoms with Crippen LogP contribution < -0.4 is 14.3 Å². The Labute approximate surface area is 191 Å². The molecular formula is C23H21ClN2O5S. The summed E-state index contributed by atoms with van der Waals surface area (Å²) in [6.07, 6.45) is 2.24. The molecule has 0 saturated heterocycles. The van der Waals surface area contributed by atoms with E-state index >= 15 is 0 Å². The van der Waals surface area contributed by atoms with Gasteiger partial charge in [0.05, 0.1) is 23.3 Å². The minimum absolute atomic E-state index is 0.0475. The van der Waals surface area contributed by atoms with E-state index in [9.17, 15) is 13.2 Å². The molecule has 3 rings (SSSR count). The molecule has 0 fully saturated rings. The first-order valence-corrected chi connectivity index (χ1v) is 11.6. The molecule has 0 radical (unpaired) electrons. The first kappa shape index (κ1) is 23.3. The third-order valence-electron chi connectivity index (χ3n) is 4.16. The fraction of sp³-hybridized carbons (Fsp3) is 0.130. The number of carbonyl (C=O) groups is 1. The van der Waals surface area contributed by atoms with Gasteiger partial charge in [-0.1, -0.05) is 18.5 Å². The number of nitrogens with one attached hydrogen (secondary N) is 1. The van der Waals surface area contributed by atoms with Crippen molar-refractivity contribution in [3.63, 3.8) is 0 Å². The molecule has 0 aromatic heterocycles. The highest BCUT2D eigenvalue weighted by molar-refractivity contribution is 7.89. The zero-order chi connectivity index (χ0) is 23.0. The molecule has 0 amide bonds. The zero-order valence-electron chi connectivity index (χ0n) is 17.2. The Bertz CT molecular complexity index is 1180. The van der Waals surface area contributed by atoms with Crippen molar-refractivity contribution in [1.82, 2.24) is 4.83 Å². The molecule has 0 aliphatic heterocycles. The third kappa shape index (κ3) is 6.57. The molecule has 166 valence electrons. The lowest BCUT2D eigenvalue weighted by Crippen LogP contribution is -2.18. The predicted octanol–water partition coefficient (Wildman–Crippen LogP) is 4.66. The van der Waals surface area contributed by atoms with Crippen LogP contribution in [0.5, 0.6) is 11.5 Å². The van der Waals surface area contributed by atoms with E-state index in [1.165, 1.54) is 30.5 Å². The fourth-order valence-electron chi connectivity index (χ4n) is 2.53. The van der Waals surface area contributed by atoms with Gasteiger partial charge in [0.15, 0.2) is 0 Å². The van der Waals surface area contributed by atoms with E-state index in [0.29, 0.717) is 34.3 Å². The number of benzene rings is 3. The van der Waals surface area contributed by atoms with Gasteiger partial charge in [0.1, 0.15) is 11.5 Å². The largest absolute Gasteiger partial charge is 0.494 e. The Balaban J connectivity index is 1.56. The minimum atomic E-state index is -3.80. The lowest BCUT2D eigenvalue weighted by atomic mass is 10.2. The van der Waals surface area contributed by atoms with Crippen molar-refractivity contribution >= 4 is 33.8 Å². The summed E-state index contributed by atoms with van der Waals surface area (Å²) in [5.74, 6) is 0.545. The van der Waals surface area contributed by atoms with Crippen LogP contribution in [0.1, 0.15) is 29.3 Å². The van der Waals surface area contributed by atoms with Crippen molar-refractivity contribution in [2.75, 3.05) is 6.61 Å². The fourth-order valence-corrected chi connectivity index (χ4v) is 3.45. The van der Waals surface area contributed by atoms with Crippen LogP contribution in [0, 0.1) is 0 Å². The van der Waals surface area contributed by atoms with Crippen molar-refractivity contribution in [2.24, 2.45) is 5.10 Å². The van der Waals surface area contributed by atoms with Gasteiger partial charge in [0.25, 0.3) is 10.0 Å². The van der Waals surface area contributed by atoms with Crippen LogP contribution in [-0.4, -0.2) is 27.2 Å². The summed E-state index contributed by atoms with van der Waals surface area (Å²) >= 11 is 5.77. The predicted molar refractivity (Wildman–Crippen MR) is 123 cm³/mol. The van der Waals surface area contributed by atoms with Crippen molar-refractivity contribution in [3.05, 3.63) is 88.9 Å². The molecule has 3 aromatic carbocycles. The minimum Gasteiger partial charge on any atom is -0.494 e. The van der Waals surface area contributed by atoms with E-state index in [1.54, 1.807) is 48.5 Å². The topological polar surface area (TPSA) is 94.1 Å². The molecule has 9 heteroatoms. The third-order valence-corrected chi connectivity index (χ3v) is 5.65. The van der Waals surface area contributed by atoms with Gasteiger partial charge in [0, 0.05) is 5.02 Å². The van der Waals surface area contributed by atoms with E-state index in [-0.39, 0.29) is 4.90 Å². The average Bonchev–Trinajstić information content (AvgIpc) is 2.79. The summed E-state index contributed by atoms with van der Waals surface area (Å²) < 4.78 is 35.2. The first-order valence-electron chi connectivity index (χ1n) is 9.73. The summed E-state index contributed by atoms with van der Waals surface area (Å²) in [6, 6.07) is 18.9. The van der Waals surface area contributed by atoms with E-state index in [4.69, 9.17) is 21.1 Å². The number of sulfonamides is 1. The number of carbonyl (C=O) groups excluding carboxylic acids is 1. The first-order chi connectivity index (χ1) is 15.4. The Kier molecular flexibility index (Phi) is 7.86. The lowest BCUT2D eigenvalue weighted by molar-refractivity contribution is 0.0734. The summed E-state index contributed by atoms with van der Waals surface area (Å²) in [5, 5.41) is 4.20. The van der Waals surface area contributed by atoms with Crippen LogP contribution in [0.3, 0.4) is 0 Å². The smallest absolute Gasteiger partial charge is 0.343 e. The Morgan fingerprint density at radius 1 is 0.969 bits per heavy atom. The van der Waals surface area contributed by atoms with Gasteiger partial charge in [-0.3, -0.25) is 0 Å². The van der Waals surface area contributed by atoms with Crippen molar-refractivity contribution in [2.45, 2.75) is 18.2 Å². The molecule has 3 aromatic rings. The molecule has 0 saturated carbocycles. The summed E-state index contributed by atoms with van der Waals surface area (Å²) in [5.41, 5.74) is 1.01. The Hall–Kier alpha value is -3.36. The van der Waals surface area contributed by atoms with Crippen molar-refractivity contribution in [1.29, 1.82) is 0 Å². The standard InChI is InChI=1S/C23H21ClN2O5S/c1-2-15-30-20-11-5-18(6-12-20)23(27)31-21-9-3-17(4-10-21)16-25-26-32(28,29)22-13-7-19(24)8-14-22/h3-14,16,26H,2,15H2,1H3. The monoisotopic (exact) mass is 472 g/mol. The van der Waals surface area contributed by atoms with Gasteiger partial charge >= 0.3 is 5.97 Å². The van der Waals surface area contributed by atoms with Gasteiger partial charge < -0.3 is 9.47 Å². The highest BCUT2D eigenvalue weighted by Gasteiger charge is 2.12. The molecule has 0 spiro atoms. The average molecular weight is 473 g/mol.